The minimum Gasteiger partial charge on any atom is -0.462 e. The monoisotopic (exact) mass is 500 g/mol. The molecule has 194 valence electrons. The Morgan fingerprint density at radius 3 is 2.17 bits per heavy atom. The number of aryl methyl sites for hydroxylation is 1. The molecule has 1 aromatic carbocycles. The van der Waals surface area contributed by atoms with Gasteiger partial charge in [-0.1, -0.05) is 0 Å². The molecule has 4 rings (SSSR count). The van der Waals surface area contributed by atoms with Gasteiger partial charge in [-0.15, -0.1) is 0 Å². The summed E-state index contributed by atoms with van der Waals surface area (Å²) in [6, 6.07) is 5.94. The second-order valence-electron chi connectivity index (χ2n) is 8.53. The topological polar surface area (TPSA) is 209 Å². The molecule has 10 atom stereocenters. The molecule has 0 radical (unpaired) electrons. The normalized spacial score (nSPS) is 37.9. The van der Waals surface area contributed by atoms with Crippen molar-refractivity contribution in [2.45, 2.75) is 68.3 Å². The molecule has 0 unspecified atom stereocenters. The first-order valence-electron chi connectivity index (χ1n) is 10.9. The van der Waals surface area contributed by atoms with Crippen molar-refractivity contribution in [1.82, 2.24) is 0 Å². The molecule has 0 bridgehead atoms. The number of aliphatic hydroxyl groups is 7. The summed E-state index contributed by atoms with van der Waals surface area (Å²) in [7, 11) is 0. The standard InChI is InChI=1S/C22H28O13/c1-8-4-14(25)32-11-5-9(2-3-10(8)11)31-21-19(30)17(28)20(13(7-24)34-21)35-22-18(29)16(27)15(26)12(6-23)33-22/h2-5,12-13,15-24,26-30H,6-7H2,1H3/t12-,13-,15-,16+,17-,18+,19+,20-,21+,22-/m0/s1. The largest absolute Gasteiger partial charge is 0.462 e. The van der Waals surface area contributed by atoms with Crippen molar-refractivity contribution in [3.63, 3.8) is 0 Å². The average Bonchev–Trinajstić information content (AvgIpc) is 2.83. The van der Waals surface area contributed by atoms with Gasteiger partial charge < -0.3 is 59.1 Å². The van der Waals surface area contributed by atoms with Crippen molar-refractivity contribution < 1.29 is 59.1 Å². The van der Waals surface area contributed by atoms with Crippen LogP contribution in [0.4, 0.5) is 0 Å². The van der Waals surface area contributed by atoms with Crippen LogP contribution in [0.2, 0.25) is 0 Å². The number of rotatable bonds is 6. The van der Waals surface area contributed by atoms with Crippen molar-refractivity contribution in [3.8, 4) is 5.75 Å². The zero-order valence-electron chi connectivity index (χ0n) is 18.6. The van der Waals surface area contributed by atoms with Gasteiger partial charge >= 0.3 is 5.63 Å². The highest BCUT2D eigenvalue weighted by atomic mass is 16.7. The Hall–Kier alpha value is -2.17. The second-order valence-corrected chi connectivity index (χ2v) is 8.53. The van der Waals surface area contributed by atoms with Gasteiger partial charge in [-0.3, -0.25) is 0 Å². The number of hydrogen-bond acceptors (Lipinski definition) is 13. The van der Waals surface area contributed by atoms with Gasteiger partial charge in [-0.25, -0.2) is 4.79 Å². The third kappa shape index (κ3) is 5.06. The van der Waals surface area contributed by atoms with Gasteiger partial charge in [0.05, 0.1) is 13.2 Å². The van der Waals surface area contributed by atoms with Gasteiger partial charge in [0.15, 0.2) is 6.29 Å². The van der Waals surface area contributed by atoms with Gasteiger partial charge in [0.25, 0.3) is 0 Å². The van der Waals surface area contributed by atoms with Crippen LogP contribution in [-0.4, -0.2) is 110 Å². The Labute approximate surface area is 198 Å². The van der Waals surface area contributed by atoms with Crippen molar-refractivity contribution in [2.24, 2.45) is 0 Å². The predicted octanol–water partition coefficient (Wildman–Crippen LogP) is -2.90. The van der Waals surface area contributed by atoms with Crippen LogP contribution in [0.25, 0.3) is 11.0 Å². The van der Waals surface area contributed by atoms with Crippen LogP contribution < -0.4 is 10.4 Å². The van der Waals surface area contributed by atoms with Gasteiger partial charge in [-0.05, 0) is 24.6 Å². The van der Waals surface area contributed by atoms with Crippen molar-refractivity contribution >= 4 is 11.0 Å². The highest BCUT2D eigenvalue weighted by molar-refractivity contribution is 5.81. The summed E-state index contributed by atoms with van der Waals surface area (Å²) in [6.45, 7) is 0.352. The Morgan fingerprint density at radius 1 is 0.829 bits per heavy atom. The predicted molar refractivity (Wildman–Crippen MR) is 114 cm³/mol. The molecule has 13 heteroatoms. The Morgan fingerprint density at radius 2 is 1.49 bits per heavy atom. The maximum Gasteiger partial charge on any atom is 0.336 e. The number of hydrogen-bond donors (Lipinski definition) is 7. The SMILES string of the molecule is Cc1cc(=O)oc2cc(O[C@@H]3O[C@@H](CO)[C@H](O[C@@H]4O[C@@H](CO)[C@H](O)[C@@H](O)[C@H]4O)[C@@H](O)[C@H]3O)ccc12. The zero-order chi connectivity index (χ0) is 25.4. The molecular formula is C22H28O13. The lowest BCUT2D eigenvalue weighted by Gasteiger charge is -2.45. The maximum atomic E-state index is 11.7. The van der Waals surface area contributed by atoms with E-state index in [1.54, 1.807) is 19.1 Å². The highest BCUT2D eigenvalue weighted by Crippen LogP contribution is 2.31. The van der Waals surface area contributed by atoms with Crippen LogP contribution >= 0.6 is 0 Å². The number of benzene rings is 1. The van der Waals surface area contributed by atoms with Crippen molar-refractivity contribution in [1.29, 1.82) is 0 Å². The summed E-state index contributed by atoms with van der Waals surface area (Å²) in [5, 5.41) is 71.1. The number of ether oxygens (including phenoxy) is 4. The quantitative estimate of drug-likeness (QED) is 0.199. The van der Waals surface area contributed by atoms with Gasteiger partial charge in [-0.2, -0.15) is 0 Å². The molecule has 13 nitrogen and oxygen atoms in total. The number of aliphatic hydroxyl groups excluding tert-OH is 7. The van der Waals surface area contributed by atoms with Crippen molar-refractivity contribution in [2.75, 3.05) is 13.2 Å². The third-order valence-electron chi connectivity index (χ3n) is 6.14. The smallest absolute Gasteiger partial charge is 0.336 e. The lowest BCUT2D eigenvalue weighted by molar-refractivity contribution is -0.352. The average molecular weight is 500 g/mol. The van der Waals surface area contributed by atoms with E-state index in [4.69, 9.17) is 23.4 Å². The molecule has 0 saturated carbocycles. The molecule has 2 aliphatic heterocycles. The van der Waals surface area contributed by atoms with E-state index >= 15 is 0 Å². The summed E-state index contributed by atoms with van der Waals surface area (Å²) in [6.07, 6.45) is -15.6. The van der Waals surface area contributed by atoms with E-state index in [1.807, 2.05) is 0 Å². The fraction of sp³-hybridized carbons (Fsp3) is 0.591. The van der Waals surface area contributed by atoms with Crippen LogP contribution in [0.3, 0.4) is 0 Å². The molecular weight excluding hydrogens is 472 g/mol. The molecule has 3 heterocycles. The van der Waals surface area contributed by atoms with E-state index in [0.717, 1.165) is 0 Å². The van der Waals surface area contributed by atoms with E-state index in [-0.39, 0.29) is 11.3 Å². The van der Waals surface area contributed by atoms with Crippen molar-refractivity contribution in [3.05, 3.63) is 40.2 Å². The minimum atomic E-state index is -1.76. The Kier molecular flexibility index (Phi) is 7.73. The van der Waals surface area contributed by atoms with Gasteiger partial charge in [0.1, 0.15) is 60.2 Å². The fourth-order valence-electron chi connectivity index (χ4n) is 4.17. The highest BCUT2D eigenvalue weighted by Gasteiger charge is 2.51. The lowest BCUT2D eigenvalue weighted by atomic mass is 9.97. The summed E-state index contributed by atoms with van der Waals surface area (Å²) in [5.41, 5.74) is 0.381. The van der Waals surface area contributed by atoms with Crippen LogP contribution in [0.1, 0.15) is 5.56 Å². The molecule has 2 aliphatic rings. The Balaban J connectivity index is 1.50. The maximum absolute atomic E-state index is 11.7. The third-order valence-corrected chi connectivity index (χ3v) is 6.14. The van der Waals surface area contributed by atoms with Crippen LogP contribution in [0.15, 0.2) is 33.5 Å². The number of fused-ring (bicyclic) bond motifs is 1. The second kappa shape index (κ2) is 10.4. The van der Waals surface area contributed by atoms with Crippen LogP contribution in [-0.2, 0) is 14.2 Å². The molecule has 2 aromatic rings. The molecule has 7 N–H and O–H groups in total. The zero-order valence-corrected chi connectivity index (χ0v) is 18.6. The van der Waals surface area contributed by atoms with E-state index in [2.05, 4.69) is 0 Å². The lowest BCUT2D eigenvalue weighted by Crippen LogP contribution is -2.65. The molecule has 0 spiro atoms. The molecule has 2 saturated heterocycles. The summed E-state index contributed by atoms with van der Waals surface area (Å²) in [4.78, 5) is 11.7. The Bertz CT molecular complexity index is 1070. The first-order valence-corrected chi connectivity index (χ1v) is 10.9. The van der Waals surface area contributed by atoms with E-state index in [9.17, 15) is 40.5 Å². The van der Waals surface area contributed by atoms with E-state index in [0.29, 0.717) is 10.9 Å². The van der Waals surface area contributed by atoms with E-state index in [1.165, 1.54) is 12.1 Å². The molecule has 2 fully saturated rings. The summed E-state index contributed by atoms with van der Waals surface area (Å²) >= 11 is 0. The van der Waals surface area contributed by atoms with Gasteiger partial charge in [0, 0.05) is 17.5 Å². The molecule has 35 heavy (non-hydrogen) atoms. The van der Waals surface area contributed by atoms with Gasteiger partial charge in [0.2, 0.25) is 6.29 Å². The minimum absolute atomic E-state index is 0.146. The molecule has 0 amide bonds. The van der Waals surface area contributed by atoms with E-state index < -0.39 is 80.3 Å². The fourth-order valence-corrected chi connectivity index (χ4v) is 4.17. The van der Waals surface area contributed by atoms with Crippen LogP contribution in [0, 0.1) is 6.92 Å². The molecule has 1 aromatic heterocycles. The van der Waals surface area contributed by atoms with Crippen LogP contribution in [0.5, 0.6) is 5.75 Å². The first-order chi connectivity index (χ1) is 16.6. The summed E-state index contributed by atoms with van der Waals surface area (Å²) < 4.78 is 27.1. The first kappa shape index (κ1) is 25.9. The summed E-state index contributed by atoms with van der Waals surface area (Å²) in [5.74, 6) is 0.146. The molecule has 0 aliphatic carbocycles.